The Morgan fingerprint density at radius 2 is 2.14 bits per heavy atom. The number of sulfonamides is 1. The minimum absolute atomic E-state index is 0.0528. The average molecular weight is 244 g/mol. The van der Waals surface area contributed by atoms with Crippen molar-refractivity contribution in [1.82, 2.24) is 4.72 Å². The molecule has 0 aliphatic heterocycles. The summed E-state index contributed by atoms with van der Waals surface area (Å²) in [4.78, 5) is 0. The van der Waals surface area contributed by atoms with Crippen molar-refractivity contribution in [3.05, 3.63) is 0 Å². The van der Waals surface area contributed by atoms with Crippen LogP contribution in [0, 0.1) is 0 Å². The first-order valence-corrected chi connectivity index (χ1v) is 6.94. The maximum Gasteiger partial charge on any atom is 0.211 e. The summed E-state index contributed by atoms with van der Waals surface area (Å²) in [6.07, 6.45) is -0.691. The van der Waals surface area contributed by atoms with Crippen LogP contribution in [0.4, 0.5) is 0 Å². The first-order valence-electron chi connectivity index (χ1n) is 4.05. The second-order valence-electron chi connectivity index (χ2n) is 2.88. The molecular formula is C6H14NO5S2-. The molecule has 0 aromatic heterocycles. The van der Waals surface area contributed by atoms with Crippen molar-refractivity contribution in [2.24, 2.45) is 0 Å². The molecule has 0 aromatic carbocycles. The molecule has 6 nitrogen and oxygen atoms in total. The largest absolute Gasteiger partial charge is 0.772 e. The van der Waals surface area contributed by atoms with Crippen molar-refractivity contribution in [2.45, 2.75) is 19.4 Å². The van der Waals surface area contributed by atoms with Crippen molar-refractivity contribution >= 4 is 21.1 Å². The van der Waals surface area contributed by atoms with Gasteiger partial charge in [0.05, 0.1) is 11.9 Å². The minimum Gasteiger partial charge on any atom is -0.772 e. The van der Waals surface area contributed by atoms with Gasteiger partial charge in [0.25, 0.3) is 0 Å². The van der Waals surface area contributed by atoms with E-state index in [0.717, 1.165) is 0 Å². The molecular weight excluding hydrogens is 230 g/mol. The van der Waals surface area contributed by atoms with Crippen LogP contribution < -0.4 is 4.72 Å². The lowest BCUT2D eigenvalue weighted by atomic mass is 10.4. The second kappa shape index (κ2) is 6.46. The highest BCUT2D eigenvalue weighted by molar-refractivity contribution is 7.89. The lowest BCUT2D eigenvalue weighted by molar-refractivity contribution is 0.198. The Hall–Kier alpha value is -0.0200. The summed E-state index contributed by atoms with van der Waals surface area (Å²) >= 11 is -2.20. The van der Waals surface area contributed by atoms with E-state index in [1.54, 1.807) is 0 Å². The van der Waals surface area contributed by atoms with Crippen molar-refractivity contribution in [3.8, 4) is 0 Å². The van der Waals surface area contributed by atoms with Gasteiger partial charge >= 0.3 is 0 Å². The highest BCUT2D eigenvalue weighted by Gasteiger charge is 2.10. The van der Waals surface area contributed by atoms with E-state index in [1.165, 1.54) is 6.92 Å². The molecule has 8 heteroatoms. The Morgan fingerprint density at radius 1 is 1.57 bits per heavy atom. The molecule has 0 heterocycles. The number of hydrogen-bond donors (Lipinski definition) is 2. The topological polar surface area (TPSA) is 107 Å². The number of nitrogens with one attached hydrogen (secondary N) is 1. The van der Waals surface area contributed by atoms with Gasteiger partial charge in [-0.25, -0.2) is 13.1 Å². The van der Waals surface area contributed by atoms with Crippen LogP contribution in [-0.2, 0) is 21.1 Å². The van der Waals surface area contributed by atoms with Gasteiger partial charge in [-0.05, 0) is 13.3 Å². The van der Waals surface area contributed by atoms with Crippen LogP contribution in [0.1, 0.15) is 13.3 Å². The number of aliphatic hydroxyl groups is 1. The van der Waals surface area contributed by atoms with Gasteiger partial charge in [-0.15, -0.1) is 0 Å². The minimum atomic E-state index is -3.46. The van der Waals surface area contributed by atoms with Gasteiger partial charge in [0.15, 0.2) is 0 Å². The van der Waals surface area contributed by atoms with Crippen LogP contribution in [0.15, 0.2) is 0 Å². The number of rotatable bonds is 7. The first kappa shape index (κ1) is 14.0. The van der Waals surface area contributed by atoms with Crippen LogP contribution in [0.5, 0.6) is 0 Å². The van der Waals surface area contributed by atoms with E-state index in [0.29, 0.717) is 0 Å². The Bertz CT molecular complexity index is 274. The van der Waals surface area contributed by atoms with E-state index in [4.69, 9.17) is 5.11 Å². The summed E-state index contributed by atoms with van der Waals surface area (Å²) in [5.41, 5.74) is 0. The average Bonchev–Trinajstić information content (AvgIpc) is 2.00. The molecule has 0 aliphatic rings. The fourth-order valence-electron chi connectivity index (χ4n) is 0.687. The third kappa shape index (κ3) is 8.57. The summed E-state index contributed by atoms with van der Waals surface area (Å²) in [7, 11) is -3.46. The van der Waals surface area contributed by atoms with Gasteiger partial charge in [0.1, 0.15) is 0 Å². The van der Waals surface area contributed by atoms with Gasteiger partial charge in [-0.2, -0.15) is 0 Å². The third-order valence-corrected chi connectivity index (χ3v) is 3.38. The zero-order chi connectivity index (χ0) is 11.2. The zero-order valence-electron chi connectivity index (χ0n) is 7.80. The predicted octanol–water partition coefficient (Wildman–Crippen LogP) is -1.44. The smallest absolute Gasteiger partial charge is 0.211 e. The van der Waals surface area contributed by atoms with Crippen LogP contribution in [-0.4, -0.2) is 46.4 Å². The summed E-state index contributed by atoms with van der Waals surface area (Å²) < 4.78 is 44.5. The molecule has 2 unspecified atom stereocenters. The Morgan fingerprint density at radius 3 is 2.57 bits per heavy atom. The number of aliphatic hydroxyl groups excluding tert-OH is 1. The van der Waals surface area contributed by atoms with E-state index < -0.39 is 27.2 Å². The third-order valence-electron chi connectivity index (χ3n) is 1.32. The van der Waals surface area contributed by atoms with E-state index in [1.807, 2.05) is 0 Å². The molecule has 0 aromatic rings. The predicted molar refractivity (Wildman–Crippen MR) is 51.9 cm³/mol. The molecule has 0 bridgehead atoms. The molecule has 0 rings (SSSR count). The fourth-order valence-corrected chi connectivity index (χ4v) is 2.41. The molecule has 0 aliphatic carbocycles. The molecule has 0 saturated carbocycles. The highest BCUT2D eigenvalue weighted by atomic mass is 32.2. The van der Waals surface area contributed by atoms with Crippen LogP contribution >= 0.6 is 0 Å². The van der Waals surface area contributed by atoms with Gasteiger partial charge in [0, 0.05) is 12.3 Å². The van der Waals surface area contributed by atoms with Crippen molar-refractivity contribution in [3.63, 3.8) is 0 Å². The highest BCUT2D eigenvalue weighted by Crippen LogP contribution is 1.92. The summed E-state index contributed by atoms with van der Waals surface area (Å²) in [5.74, 6) is -0.413. The summed E-state index contributed by atoms with van der Waals surface area (Å²) in [6.45, 7) is 1.40. The molecule has 0 radical (unpaired) electrons. The fraction of sp³-hybridized carbons (Fsp3) is 1.00. The van der Waals surface area contributed by atoms with E-state index in [-0.39, 0.29) is 24.5 Å². The lowest BCUT2D eigenvalue weighted by Gasteiger charge is -2.08. The van der Waals surface area contributed by atoms with Gasteiger partial charge in [-0.3, -0.25) is 4.21 Å². The van der Waals surface area contributed by atoms with Crippen molar-refractivity contribution < 1.29 is 22.3 Å². The molecule has 14 heavy (non-hydrogen) atoms. The molecule has 0 fully saturated rings. The van der Waals surface area contributed by atoms with Crippen molar-refractivity contribution in [2.75, 3.05) is 18.1 Å². The van der Waals surface area contributed by atoms with Gasteiger partial charge < -0.3 is 9.66 Å². The van der Waals surface area contributed by atoms with Gasteiger partial charge in [0.2, 0.25) is 10.0 Å². The Kier molecular flexibility index (Phi) is 6.45. The quantitative estimate of drug-likeness (QED) is 0.533. The van der Waals surface area contributed by atoms with Crippen LogP contribution in [0.25, 0.3) is 0 Å². The molecule has 0 saturated heterocycles. The van der Waals surface area contributed by atoms with Crippen molar-refractivity contribution in [1.29, 1.82) is 0 Å². The van der Waals surface area contributed by atoms with Gasteiger partial charge in [-0.1, -0.05) is 11.1 Å². The first-order chi connectivity index (χ1) is 6.33. The maximum absolute atomic E-state index is 11.1. The van der Waals surface area contributed by atoms with E-state index >= 15 is 0 Å². The SMILES string of the molecule is CC(O)CNS(=O)(=O)CCCS(=O)[O-]. The van der Waals surface area contributed by atoms with Crippen LogP contribution in [0.3, 0.4) is 0 Å². The normalized spacial score (nSPS) is 16.5. The Labute approximate surface area is 86.0 Å². The number of hydrogen-bond acceptors (Lipinski definition) is 5. The van der Waals surface area contributed by atoms with E-state index in [2.05, 4.69) is 4.72 Å². The molecule has 2 atom stereocenters. The second-order valence-corrected chi connectivity index (χ2v) is 5.82. The Balaban J connectivity index is 3.79. The van der Waals surface area contributed by atoms with Crippen LogP contribution in [0.2, 0.25) is 0 Å². The summed E-state index contributed by atoms with van der Waals surface area (Å²) in [6, 6.07) is 0. The molecule has 2 N–H and O–H groups in total. The van der Waals surface area contributed by atoms with E-state index in [9.17, 15) is 17.2 Å². The zero-order valence-corrected chi connectivity index (χ0v) is 9.44. The molecule has 0 spiro atoms. The monoisotopic (exact) mass is 244 g/mol. The standard InChI is InChI=1S/C6H15NO5S2/c1-6(8)5-7-14(11,12)4-2-3-13(9)10/h6-8H,2-5H2,1H3,(H,9,10)/p-1. The lowest BCUT2D eigenvalue weighted by Crippen LogP contribution is -2.32. The maximum atomic E-state index is 11.1. The molecule has 0 amide bonds. The summed E-state index contributed by atoms with van der Waals surface area (Å²) in [5, 5.41) is 8.80. The molecule has 86 valence electrons.